The summed E-state index contributed by atoms with van der Waals surface area (Å²) >= 11 is 0. The molecule has 350 valence electrons. The zero-order chi connectivity index (χ0) is 44.1. The van der Waals surface area contributed by atoms with Gasteiger partial charge in [0.15, 0.2) is 0 Å². The summed E-state index contributed by atoms with van der Waals surface area (Å²) in [4.78, 5) is 23.0. The van der Waals surface area contributed by atoms with E-state index in [-0.39, 0.29) is 25.8 Å². The molecule has 0 saturated carbocycles. The first-order chi connectivity index (χ1) is 29.1. The first kappa shape index (κ1) is 58.2. The number of carbonyl (C=O) groups excluding carboxylic acids is 1. The van der Waals surface area contributed by atoms with Crippen molar-refractivity contribution in [2.45, 2.75) is 206 Å². The van der Waals surface area contributed by atoms with E-state index in [0.29, 0.717) is 24.1 Å². The van der Waals surface area contributed by atoms with E-state index in [1.165, 1.54) is 109 Å². The van der Waals surface area contributed by atoms with Crippen molar-refractivity contribution in [2.24, 2.45) is 0 Å². The van der Waals surface area contributed by atoms with E-state index in [4.69, 9.17) is 18.5 Å². The topological polar surface area (TPSA) is 91.3 Å². The molecule has 2 unspecified atom stereocenters. The van der Waals surface area contributed by atoms with Crippen LogP contribution in [0, 0.1) is 0 Å². The van der Waals surface area contributed by atoms with Crippen molar-refractivity contribution in [1.29, 1.82) is 0 Å². The Morgan fingerprint density at radius 2 is 0.967 bits per heavy atom. The van der Waals surface area contributed by atoms with Crippen LogP contribution in [-0.2, 0) is 27.9 Å². The highest BCUT2D eigenvalue weighted by Gasteiger charge is 2.26. The second-order valence-corrected chi connectivity index (χ2v) is 18.9. The number of hydrogen-bond acceptors (Lipinski definition) is 6. The lowest BCUT2D eigenvalue weighted by atomic mass is 10.0. The number of hydrogen-bond donors (Lipinski definition) is 1. The predicted octanol–water partition coefficient (Wildman–Crippen LogP) is 14.9. The third-order valence-electron chi connectivity index (χ3n) is 10.3. The molecule has 0 aromatic heterocycles. The number of phosphoric ester groups is 1. The summed E-state index contributed by atoms with van der Waals surface area (Å²) in [5, 5.41) is 0. The fraction of sp³-hybridized carbons (Fsp3) is 0.784. The Labute approximate surface area is 370 Å². The van der Waals surface area contributed by atoms with E-state index in [2.05, 4.69) is 74.6 Å². The molecule has 0 bridgehead atoms. The summed E-state index contributed by atoms with van der Waals surface area (Å²) < 4.78 is 35.1. The number of esters is 1. The van der Waals surface area contributed by atoms with Crippen molar-refractivity contribution in [3.63, 3.8) is 0 Å². The lowest BCUT2D eigenvalue weighted by Gasteiger charge is -2.24. The normalized spacial score (nSPS) is 14.2. The van der Waals surface area contributed by atoms with Gasteiger partial charge in [0.05, 0.1) is 34.4 Å². The Hall–Kier alpha value is -1.80. The van der Waals surface area contributed by atoms with E-state index >= 15 is 0 Å². The summed E-state index contributed by atoms with van der Waals surface area (Å²) in [5.74, 6) is -0.324. The maximum absolute atomic E-state index is 12.7. The highest BCUT2D eigenvalue weighted by molar-refractivity contribution is 7.47. The summed E-state index contributed by atoms with van der Waals surface area (Å²) in [6.07, 6.45) is 55.4. The van der Waals surface area contributed by atoms with Crippen LogP contribution in [0.2, 0.25) is 0 Å². The van der Waals surface area contributed by atoms with Crippen LogP contribution in [0.15, 0.2) is 60.8 Å². The highest BCUT2D eigenvalue weighted by Crippen LogP contribution is 2.43. The molecule has 1 N–H and O–H groups in total. The molecule has 0 fully saturated rings. The van der Waals surface area contributed by atoms with Crippen LogP contribution in [0.3, 0.4) is 0 Å². The fourth-order valence-electron chi connectivity index (χ4n) is 6.58. The lowest BCUT2D eigenvalue weighted by molar-refractivity contribution is -0.870. The van der Waals surface area contributed by atoms with E-state index < -0.39 is 13.9 Å². The molecule has 0 amide bonds. The molecule has 0 aliphatic rings. The zero-order valence-electron chi connectivity index (χ0n) is 39.7. The van der Waals surface area contributed by atoms with Crippen molar-refractivity contribution in [3.05, 3.63) is 60.8 Å². The number of rotatable bonds is 45. The van der Waals surface area contributed by atoms with Gasteiger partial charge in [-0.1, -0.05) is 197 Å². The minimum atomic E-state index is -4.28. The molecule has 8 nitrogen and oxygen atoms in total. The maximum Gasteiger partial charge on any atom is 0.472 e. The Bertz CT molecular complexity index is 1140. The van der Waals surface area contributed by atoms with Gasteiger partial charge in [-0.15, -0.1) is 0 Å². The monoisotopic (exact) mass is 865 g/mol. The molecule has 0 heterocycles. The first-order valence-corrected chi connectivity index (χ1v) is 26.0. The fourth-order valence-corrected chi connectivity index (χ4v) is 7.32. The van der Waals surface area contributed by atoms with E-state index in [1.807, 2.05) is 21.1 Å². The Morgan fingerprint density at radius 1 is 0.533 bits per heavy atom. The van der Waals surface area contributed by atoms with Crippen LogP contribution in [0.4, 0.5) is 0 Å². The number of quaternary nitrogens is 1. The molecule has 0 aromatic carbocycles. The minimum Gasteiger partial charge on any atom is -0.457 e. The molecule has 0 saturated heterocycles. The maximum atomic E-state index is 12.7. The van der Waals surface area contributed by atoms with Gasteiger partial charge in [0, 0.05) is 13.0 Å². The largest absolute Gasteiger partial charge is 0.472 e. The molecule has 0 aromatic rings. The molecule has 60 heavy (non-hydrogen) atoms. The second-order valence-electron chi connectivity index (χ2n) is 17.5. The number of carbonyl (C=O) groups is 1. The van der Waals surface area contributed by atoms with Crippen molar-refractivity contribution in [2.75, 3.05) is 54.1 Å². The van der Waals surface area contributed by atoms with Gasteiger partial charge in [-0.05, 0) is 57.8 Å². The Balaban J connectivity index is 4.19. The standard InChI is InChI=1S/C51H94NO7P/c1-6-8-10-12-14-16-18-20-22-23-24-25-26-27-28-29-30-32-34-36-38-40-42-44-51(53)59-50(49-58-60(54,55)57-47-45-52(3,4)5)48-56-46-43-41-39-37-35-33-31-21-19-17-15-13-11-9-7-2/h8,10,14,16,20,22,24-25,27-28,50H,6-7,9,11-13,15,17-19,21,23,26,29-49H2,1-5H3/p+1/b10-8-,16-14-,22-20-,25-24-,28-27-. The van der Waals surface area contributed by atoms with E-state index in [9.17, 15) is 14.3 Å². The molecule has 0 radical (unpaired) electrons. The van der Waals surface area contributed by atoms with Crippen LogP contribution in [0.5, 0.6) is 0 Å². The average Bonchev–Trinajstić information content (AvgIpc) is 3.20. The third kappa shape index (κ3) is 47.3. The summed E-state index contributed by atoms with van der Waals surface area (Å²) in [6, 6.07) is 0. The molecular formula is C51H95NO7P+. The van der Waals surface area contributed by atoms with Crippen LogP contribution in [0.25, 0.3) is 0 Å². The van der Waals surface area contributed by atoms with Crippen molar-refractivity contribution in [1.82, 2.24) is 0 Å². The number of ether oxygens (including phenoxy) is 2. The molecule has 0 aliphatic carbocycles. The van der Waals surface area contributed by atoms with Crippen LogP contribution >= 0.6 is 7.82 Å². The summed E-state index contributed by atoms with van der Waals surface area (Å²) in [7, 11) is 1.66. The van der Waals surface area contributed by atoms with Crippen LogP contribution < -0.4 is 0 Å². The second kappa shape index (κ2) is 43.8. The molecule has 0 rings (SSSR count). The molecule has 2 atom stereocenters. The Kier molecular flexibility index (Phi) is 42.5. The summed E-state index contributed by atoms with van der Waals surface area (Å²) in [6.45, 7) is 5.51. The van der Waals surface area contributed by atoms with E-state index in [0.717, 1.165) is 70.6 Å². The number of likely N-dealkylation sites (N-methyl/N-ethyl adjacent to an activating group) is 1. The highest BCUT2D eigenvalue weighted by atomic mass is 31.2. The van der Waals surface area contributed by atoms with Gasteiger partial charge in [0.2, 0.25) is 0 Å². The van der Waals surface area contributed by atoms with E-state index in [1.54, 1.807) is 0 Å². The van der Waals surface area contributed by atoms with Crippen molar-refractivity contribution < 1.29 is 37.3 Å². The van der Waals surface area contributed by atoms with Crippen molar-refractivity contribution in [3.8, 4) is 0 Å². The van der Waals surface area contributed by atoms with Crippen LogP contribution in [0.1, 0.15) is 200 Å². The van der Waals surface area contributed by atoms with Gasteiger partial charge in [-0.3, -0.25) is 13.8 Å². The number of unbranched alkanes of at least 4 members (excludes halogenated alkanes) is 21. The molecule has 0 aliphatic heterocycles. The van der Waals surface area contributed by atoms with Gasteiger partial charge >= 0.3 is 13.8 Å². The first-order valence-electron chi connectivity index (χ1n) is 24.5. The number of nitrogens with zero attached hydrogens (tertiary/aromatic N) is 1. The average molecular weight is 865 g/mol. The van der Waals surface area contributed by atoms with Gasteiger partial charge in [-0.25, -0.2) is 4.57 Å². The van der Waals surface area contributed by atoms with Crippen molar-refractivity contribution >= 4 is 13.8 Å². The summed E-state index contributed by atoms with van der Waals surface area (Å²) in [5.41, 5.74) is 0. The van der Waals surface area contributed by atoms with Gasteiger partial charge in [0.25, 0.3) is 0 Å². The SMILES string of the molecule is CC/C=C\C/C=C\C/C=C\C/C=C\C/C=C\CCCCCCCCCC(=O)OC(COCCCCCCCCCCCCCCCCC)COP(=O)(O)OCC[N+](C)(C)C. The van der Waals surface area contributed by atoms with Crippen LogP contribution in [-0.4, -0.2) is 75.6 Å². The third-order valence-corrected chi connectivity index (χ3v) is 11.3. The quantitative estimate of drug-likeness (QED) is 0.0214. The lowest BCUT2D eigenvalue weighted by Crippen LogP contribution is -2.37. The smallest absolute Gasteiger partial charge is 0.457 e. The van der Waals surface area contributed by atoms with Gasteiger partial charge < -0.3 is 18.9 Å². The minimum absolute atomic E-state index is 0.0850. The number of phosphoric acid groups is 1. The molecule has 0 spiro atoms. The predicted molar refractivity (Wildman–Crippen MR) is 256 cm³/mol. The van der Waals surface area contributed by atoms with Gasteiger partial charge in [-0.2, -0.15) is 0 Å². The molecule has 9 heteroatoms. The molecular weight excluding hydrogens is 770 g/mol. The Morgan fingerprint density at radius 3 is 1.45 bits per heavy atom. The van der Waals surface area contributed by atoms with Gasteiger partial charge in [0.1, 0.15) is 19.3 Å². The zero-order valence-corrected chi connectivity index (χ0v) is 40.6. The number of allylic oxidation sites excluding steroid dienone is 10.